The van der Waals surface area contributed by atoms with Gasteiger partial charge in [0.1, 0.15) is 0 Å². The summed E-state index contributed by atoms with van der Waals surface area (Å²) in [5, 5.41) is 6.26. The van der Waals surface area contributed by atoms with Crippen molar-refractivity contribution >= 4 is 22.9 Å². The number of rotatable bonds is 8. The third-order valence-electron chi connectivity index (χ3n) is 4.28. The number of nitrogens with one attached hydrogen (secondary N) is 1. The first kappa shape index (κ1) is 19.4. The van der Waals surface area contributed by atoms with Crippen molar-refractivity contribution < 1.29 is 14.3 Å². The second-order valence-electron chi connectivity index (χ2n) is 6.37. The molecule has 0 aliphatic rings. The zero-order chi connectivity index (χ0) is 19.8. The number of carbonyl (C=O) groups is 1. The van der Waals surface area contributed by atoms with Crippen LogP contribution in [0.3, 0.4) is 0 Å². The summed E-state index contributed by atoms with van der Waals surface area (Å²) < 4.78 is 11.0. The van der Waals surface area contributed by atoms with Gasteiger partial charge in [0.05, 0.1) is 26.4 Å². The van der Waals surface area contributed by atoms with Gasteiger partial charge in [-0.15, -0.1) is 0 Å². The molecule has 0 saturated heterocycles. The van der Waals surface area contributed by atoms with Crippen molar-refractivity contribution in [3.05, 3.63) is 71.8 Å². The normalized spacial score (nSPS) is 10.9. The molecule has 0 fully saturated rings. The molecule has 3 aromatic rings. The first-order valence-electron chi connectivity index (χ1n) is 9.30. The molecule has 0 radical (unpaired) electrons. The van der Waals surface area contributed by atoms with Crippen LogP contribution in [0.2, 0.25) is 0 Å². The lowest BCUT2D eigenvalue weighted by atomic mass is 10.0. The van der Waals surface area contributed by atoms with E-state index in [0.29, 0.717) is 18.1 Å². The predicted molar refractivity (Wildman–Crippen MR) is 112 cm³/mol. The molecule has 28 heavy (non-hydrogen) atoms. The number of nitrogens with zero attached hydrogens (tertiary/aromatic N) is 1. The van der Waals surface area contributed by atoms with Gasteiger partial charge >= 0.3 is 0 Å². The van der Waals surface area contributed by atoms with Gasteiger partial charge < -0.3 is 9.47 Å². The lowest BCUT2D eigenvalue weighted by Gasteiger charge is -2.10. The number of amides is 1. The minimum Gasteiger partial charge on any atom is -0.493 e. The Hall–Kier alpha value is -3.34. The van der Waals surface area contributed by atoms with Crippen LogP contribution in [0.25, 0.3) is 10.8 Å². The van der Waals surface area contributed by atoms with Gasteiger partial charge in [0, 0.05) is 0 Å². The number of hydrogen-bond donors (Lipinski definition) is 1. The Kier molecular flexibility index (Phi) is 6.63. The van der Waals surface area contributed by atoms with Crippen LogP contribution in [-0.2, 0) is 11.2 Å². The van der Waals surface area contributed by atoms with E-state index in [4.69, 9.17) is 9.47 Å². The average Bonchev–Trinajstić information content (AvgIpc) is 2.73. The number of fused-ring (bicyclic) bond motifs is 1. The lowest BCUT2D eigenvalue weighted by Crippen LogP contribution is -2.19. The summed E-state index contributed by atoms with van der Waals surface area (Å²) in [4.78, 5) is 12.3. The molecule has 3 rings (SSSR count). The first-order chi connectivity index (χ1) is 13.7. The maximum absolute atomic E-state index is 12.3. The second-order valence-corrected chi connectivity index (χ2v) is 6.37. The molecular weight excluding hydrogens is 352 g/mol. The van der Waals surface area contributed by atoms with Gasteiger partial charge in [0.2, 0.25) is 5.91 Å². The average molecular weight is 376 g/mol. The van der Waals surface area contributed by atoms with E-state index in [0.717, 1.165) is 28.3 Å². The summed E-state index contributed by atoms with van der Waals surface area (Å²) in [6.45, 7) is 2.68. The van der Waals surface area contributed by atoms with Crippen LogP contribution in [0.4, 0.5) is 0 Å². The predicted octanol–water partition coefficient (Wildman–Crippen LogP) is 4.33. The number of ether oxygens (including phenoxy) is 2. The zero-order valence-corrected chi connectivity index (χ0v) is 16.1. The van der Waals surface area contributed by atoms with E-state index in [1.165, 1.54) is 0 Å². The van der Waals surface area contributed by atoms with Crippen molar-refractivity contribution in [2.24, 2.45) is 5.10 Å². The van der Waals surface area contributed by atoms with Crippen molar-refractivity contribution in [2.45, 2.75) is 19.8 Å². The smallest absolute Gasteiger partial charge is 0.244 e. The van der Waals surface area contributed by atoms with E-state index in [1.54, 1.807) is 13.3 Å². The van der Waals surface area contributed by atoms with Gasteiger partial charge in [-0.1, -0.05) is 49.4 Å². The van der Waals surface area contributed by atoms with Crippen LogP contribution in [0.15, 0.2) is 65.8 Å². The quantitative estimate of drug-likeness (QED) is 0.470. The molecule has 5 heteroatoms. The summed E-state index contributed by atoms with van der Waals surface area (Å²) >= 11 is 0. The minimum absolute atomic E-state index is 0.164. The fourth-order valence-corrected chi connectivity index (χ4v) is 2.93. The third kappa shape index (κ3) is 4.88. The molecule has 0 aliphatic carbocycles. The van der Waals surface area contributed by atoms with Crippen molar-refractivity contribution in [1.29, 1.82) is 0 Å². The number of carbonyl (C=O) groups excluding carboxylic acids is 1. The molecule has 0 atom stereocenters. The maximum Gasteiger partial charge on any atom is 0.244 e. The summed E-state index contributed by atoms with van der Waals surface area (Å²) in [5.74, 6) is 1.17. The van der Waals surface area contributed by atoms with Gasteiger partial charge in [-0.05, 0) is 46.5 Å². The summed E-state index contributed by atoms with van der Waals surface area (Å²) in [6.07, 6.45) is 2.79. The second kappa shape index (κ2) is 9.55. The lowest BCUT2D eigenvalue weighted by molar-refractivity contribution is -0.120. The highest BCUT2D eigenvalue weighted by atomic mass is 16.5. The van der Waals surface area contributed by atoms with E-state index in [1.807, 2.05) is 60.7 Å². The Bertz CT molecular complexity index is 977. The zero-order valence-electron chi connectivity index (χ0n) is 16.1. The highest BCUT2D eigenvalue weighted by Crippen LogP contribution is 2.27. The van der Waals surface area contributed by atoms with Gasteiger partial charge in [0.15, 0.2) is 11.5 Å². The topological polar surface area (TPSA) is 59.9 Å². The number of hydrogen-bond acceptors (Lipinski definition) is 4. The molecule has 0 bridgehead atoms. The molecule has 0 saturated carbocycles. The molecule has 0 aromatic heterocycles. The number of benzene rings is 3. The number of hydrazone groups is 1. The van der Waals surface area contributed by atoms with E-state index in [9.17, 15) is 4.79 Å². The van der Waals surface area contributed by atoms with Gasteiger partial charge in [-0.3, -0.25) is 4.79 Å². The van der Waals surface area contributed by atoms with E-state index < -0.39 is 0 Å². The molecule has 3 aromatic carbocycles. The molecule has 5 nitrogen and oxygen atoms in total. The van der Waals surface area contributed by atoms with E-state index in [2.05, 4.69) is 17.5 Å². The van der Waals surface area contributed by atoms with Crippen molar-refractivity contribution in [2.75, 3.05) is 13.7 Å². The Morgan fingerprint density at radius 3 is 2.71 bits per heavy atom. The standard InChI is InChI=1S/C23H24N2O3/c1-3-13-28-21-12-11-17(14-22(21)27-2)16-24-25-23(26)15-19-9-6-8-18-7-4-5-10-20(18)19/h4-12,14,16H,3,13,15H2,1-2H3,(H,25,26)/b24-16+. The molecular formula is C23H24N2O3. The monoisotopic (exact) mass is 376 g/mol. The summed E-state index contributed by atoms with van der Waals surface area (Å²) in [6, 6.07) is 19.5. The Morgan fingerprint density at radius 2 is 1.89 bits per heavy atom. The van der Waals surface area contributed by atoms with Crippen LogP contribution in [0.5, 0.6) is 11.5 Å². The molecule has 1 N–H and O–H groups in total. The minimum atomic E-state index is -0.164. The highest BCUT2D eigenvalue weighted by Gasteiger charge is 2.07. The number of methoxy groups -OCH3 is 1. The third-order valence-corrected chi connectivity index (χ3v) is 4.28. The SMILES string of the molecule is CCCOc1ccc(/C=N/NC(=O)Cc2cccc3ccccc23)cc1OC. The van der Waals surface area contributed by atoms with Crippen LogP contribution < -0.4 is 14.9 Å². The summed E-state index contributed by atoms with van der Waals surface area (Å²) in [5.41, 5.74) is 4.38. The Labute approximate surface area is 165 Å². The Morgan fingerprint density at radius 1 is 1.07 bits per heavy atom. The maximum atomic E-state index is 12.3. The fourth-order valence-electron chi connectivity index (χ4n) is 2.93. The molecule has 144 valence electrons. The fraction of sp³-hybridized carbons (Fsp3) is 0.217. The molecule has 0 aliphatic heterocycles. The van der Waals surface area contributed by atoms with Crippen LogP contribution >= 0.6 is 0 Å². The largest absolute Gasteiger partial charge is 0.493 e. The molecule has 0 spiro atoms. The van der Waals surface area contributed by atoms with Crippen molar-refractivity contribution in [3.63, 3.8) is 0 Å². The summed E-state index contributed by atoms with van der Waals surface area (Å²) in [7, 11) is 1.60. The molecule has 0 unspecified atom stereocenters. The van der Waals surface area contributed by atoms with Crippen molar-refractivity contribution in [3.8, 4) is 11.5 Å². The van der Waals surface area contributed by atoms with Crippen LogP contribution in [-0.4, -0.2) is 25.8 Å². The van der Waals surface area contributed by atoms with Crippen molar-refractivity contribution in [1.82, 2.24) is 5.43 Å². The molecule has 0 heterocycles. The molecule has 1 amide bonds. The van der Waals surface area contributed by atoms with Gasteiger partial charge in [0.25, 0.3) is 0 Å². The van der Waals surface area contributed by atoms with Crippen LogP contribution in [0, 0.1) is 0 Å². The van der Waals surface area contributed by atoms with E-state index >= 15 is 0 Å². The van der Waals surface area contributed by atoms with Gasteiger partial charge in [-0.25, -0.2) is 5.43 Å². The first-order valence-corrected chi connectivity index (χ1v) is 9.30. The van der Waals surface area contributed by atoms with E-state index in [-0.39, 0.29) is 12.3 Å². The van der Waals surface area contributed by atoms with Crippen LogP contribution in [0.1, 0.15) is 24.5 Å². The van der Waals surface area contributed by atoms with Gasteiger partial charge in [-0.2, -0.15) is 5.10 Å². The highest BCUT2D eigenvalue weighted by molar-refractivity contribution is 5.90. The Balaban J connectivity index is 1.63.